The number of benzene rings is 2. The molecule has 1 heterocycles. The predicted octanol–water partition coefficient (Wildman–Crippen LogP) is 2.82. The minimum atomic E-state index is -3.92. The molecule has 2 N–H and O–H groups in total. The topological polar surface area (TPSA) is 109 Å². The first-order chi connectivity index (χ1) is 16.3. The molecular formula is C24H26FN3O5S. The van der Waals surface area contributed by atoms with Crippen molar-refractivity contribution in [1.82, 2.24) is 14.9 Å². The van der Waals surface area contributed by atoms with Crippen molar-refractivity contribution >= 4 is 21.8 Å². The lowest BCUT2D eigenvalue weighted by Gasteiger charge is -2.30. The van der Waals surface area contributed by atoms with Crippen LogP contribution in [0.15, 0.2) is 82.3 Å². The highest BCUT2D eigenvalue weighted by atomic mass is 32.2. The fourth-order valence-corrected chi connectivity index (χ4v) is 4.35. The van der Waals surface area contributed by atoms with Gasteiger partial charge in [-0.15, -0.1) is 0 Å². The summed E-state index contributed by atoms with van der Waals surface area (Å²) < 4.78 is 46.0. The summed E-state index contributed by atoms with van der Waals surface area (Å²) in [5.41, 5.74) is 0.595. The number of furan rings is 1. The van der Waals surface area contributed by atoms with Crippen LogP contribution in [0.4, 0.5) is 4.39 Å². The molecule has 0 radical (unpaired) electrons. The van der Waals surface area contributed by atoms with Gasteiger partial charge in [0.25, 0.3) is 0 Å². The first-order valence-electron chi connectivity index (χ1n) is 10.7. The molecule has 0 aliphatic carbocycles. The zero-order chi connectivity index (χ0) is 24.6. The fraction of sp³-hybridized carbons (Fsp3) is 0.250. The van der Waals surface area contributed by atoms with Gasteiger partial charge in [-0.1, -0.05) is 37.3 Å². The number of carbonyl (C=O) groups excluding carboxylic acids is 2. The van der Waals surface area contributed by atoms with E-state index in [2.05, 4.69) is 10.0 Å². The minimum Gasteiger partial charge on any atom is -0.467 e. The van der Waals surface area contributed by atoms with E-state index in [1.165, 1.54) is 47.6 Å². The maximum Gasteiger partial charge on any atom is 0.243 e. The number of sulfonamides is 1. The van der Waals surface area contributed by atoms with Crippen molar-refractivity contribution in [2.24, 2.45) is 0 Å². The Kier molecular flexibility index (Phi) is 8.55. The van der Waals surface area contributed by atoms with Crippen LogP contribution in [0.3, 0.4) is 0 Å². The number of nitrogens with one attached hydrogen (secondary N) is 2. The maximum atomic E-state index is 13.4. The highest BCUT2D eigenvalue weighted by molar-refractivity contribution is 7.89. The summed E-state index contributed by atoms with van der Waals surface area (Å²) >= 11 is 0. The molecule has 0 aliphatic rings. The summed E-state index contributed by atoms with van der Waals surface area (Å²) in [5.74, 6) is -0.889. The molecule has 1 atom stereocenters. The Hall–Kier alpha value is -3.50. The molecule has 180 valence electrons. The van der Waals surface area contributed by atoms with Gasteiger partial charge < -0.3 is 14.6 Å². The first-order valence-corrected chi connectivity index (χ1v) is 12.2. The average molecular weight is 488 g/mol. The number of amides is 2. The summed E-state index contributed by atoms with van der Waals surface area (Å²) in [6.07, 6.45) is 1.77. The largest absolute Gasteiger partial charge is 0.467 e. The molecule has 0 fully saturated rings. The van der Waals surface area contributed by atoms with Crippen molar-refractivity contribution in [2.45, 2.75) is 37.4 Å². The molecule has 3 aromatic rings. The van der Waals surface area contributed by atoms with E-state index in [0.29, 0.717) is 11.3 Å². The van der Waals surface area contributed by atoms with Gasteiger partial charge in [0.2, 0.25) is 21.8 Å². The van der Waals surface area contributed by atoms with E-state index < -0.39 is 40.2 Å². The highest BCUT2D eigenvalue weighted by Crippen LogP contribution is 2.14. The zero-order valence-electron chi connectivity index (χ0n) is 18.6. The van der Waals surface area contributed by atoms with Crippen molar-refractivity contribution in [3.63, 3.8) is 0 Å². The molecule has 0 saturated carbocycles. The average Bonchev–Trinajstić information content (AvgIpc) is 3.37. The smallest absolute Gasteiger partial charge is 0.243 e. The monoisotopic (exact) mass is 487 g/mol. The van der Waals surface area contributed by atoms with E-state index in [0.717, 1.165) is 0 Å². The van der Waals surface area contributed by atoms with Crippen LogP contribution in [0.25, 0.3) is 0 Å². The normalized spacial score (nSPS) is 12.2. The second-order valence-corrected chi connectivity index (χ2v) is 9.27. The van der Waals surface area contributed by atoms with Crippen molar-refractivity contribution in [3.8, 4) is 0 Å². The fourth-order valence-electron chi connectivity index (χ4n) is 3.35. The molecule has 8 nitrogen and oxygen atoms in total. The number of nitrogens with zero attached hydrogens (tertiary/aromatic N) is 1. The van der Waals surface area contributed by atoms with Crippen molar-refractivity contribution in [2.75, 3.05) is 6.54 Å². The van der Waals surface area contributed by atoms with Crippen molar-refractivity contribution in [3.05, 3.63) is 90.1 Å². The third-order valence-corrected chi connectivity index (χ3v) is 6.55. The van der Waals surface area contributed by atoms with Gasteiger partial charge in [0.05, 0.1) is 24.2 Å². The molecule has 0 bridgehead atoms. The van der Waals surface area contributed by atoms with E-state index in [1.54, 1.807) is 37.3 Å². The van der Waals surface area contributed by atoms with E-state index in [1.807, 2.05) is 0 Å². The van der Waals surface area contributed by atoms with Gasteiger partial charge in [0.15, 0.2) is 0 Å². The molecule has 1 unspecified atom stereocenters. The lowest BCUT2D eigenvalue weighted by Crippen LogP contribution is -2.51. The molecule has 2 amide bonds. The summed E-state index contributed by atoms with van der Waals surface area (Å²) in [7, 11) is -3.92. The standard InChI is InChI=1S/C24H26FN3O5S/c1-2-22(24(30)26-15-20-7-6-14-33-20)28(17-18-10-12-19(25)13-11-18)23(29)16-27-34(31,32)21-8-4-3-5-9-21/h3-14,22,27H,2,15-17H2,1H3,(H,26,30). The number of hydrogen-bond acceptors (Lipinski definition) is 5. The van der Waals surface area contributed by atoms with Gasteiger partial charge in [-0.25, -0.2) is 17.5 Å². The van der Waals surface area contributed by atoms with E-state index in [-0.39, 0.29) is 24.4 Å². The first kappa shape index (κ1) is 25.1. The molecule has 0 spiro atoms. The van der Waals surface area contributed by atoms with Gasteiger partial charge in [-0.3, -0.25) is 9.59 Å². The number of carbonyl (C=O) groups is 2. The Morgan fingerprint density at radius 1 is 1.03 bits per heavy atom. The van der Waals surface area contributed by atoms with Gasteiger partial charge in [0.1, 0.15) is 17.6 Å². The molecule has 1 aromatic heterocycles. The van der Waals surface area contributed by atoms with Crippen LogP contribution in [0, 0.1) is 5.82 Å². The third-order valence-electron chi connectivity index (χ3n) is 5.14. The molecule has 0 saturated heterocycles. The second kappa shape index (κ2) is 11.6. The molecule has 3 rings (SSSR count). The maximum absolute atomic E-state index is 13.4. The Labute approximate surface area is 197 Å². The van der Waals surface area contributed by atoms with Crippen molar-refractivity contribution in [1.29, 1.82) is 0 Å². The van der Waals surface area contributed by atoms with Gasteiger partial charge >= 0.3 is 0 Å². The Morgan fingerprint density at radius 3 is 2.35 bits per heavy atom. The number of halogens is 1. The molecule has 10 heteroatoms. The minimum absolute atomic E-state index is 0.00113. The molecule has 2 aromatic carbocycles. The summed E-state index contributed by atoms with van der Waals surface area (Å²) in [5, 5.41) is 2.74. The number of rotatable bonds is 11. The predicted molar refractivity (Wildman–Crippen MR) is 123 cm³/mol. The summed E-state index contributed by atoms with van der Waals surface area (Å²) in [6.45, 7) is 1.34. The Morgan fingerprint density at radius 2 is 1.74 bits per heavy atom. The van der Waals surface area contributed by atoms with Crippen LogP contribution in [-0.2, 0) is 32.7 Å². The summed E-state index contributed by atoms with van der Waals surface area (Å²) in [6, 6.07) is 15.7. The lowest BCUT2D eigenvalue weighted by atomic mass is 10.1. The zero-order valence-corrected chi connectivity index (χ0v) is 19.4. The van der Waals surface area contributed by atoms with Crippen LogP contribution in [-0.4, -0.2) is 37.7 Å². The van der Waals surface area contributed by atoms with E-state index >= 15 is 0 Å². The lowest BCUT2D eigenvalue weighted by molar-refractivity contribution is -0.140. The van der Waals surface area contributed by atoms with Gasteiger partial charge in [0, 0.05) is 6.54 Å². The second-order valence-electron chi connectivity index (χ2n) is 7.51. The molecule has 34 heavy (non-hydrogen) atoms. The van der Waals surface area contributed by atoms with Crippen LogP contribution >= 0.6 is 0 Å². The van der Waals surface area contributed by atoms with Gasteiger partial charge in [-0.2, -0.15) is 0 Å². The van der Waals surface area contributed by atoms with Crippen LogP contribution in [0.2, 0.25) is 0 Å². The SMILES string of the molecule is CCC(C(=O)NCc1ccco1)N(Cc1ccc(F)cc1)C(=O)CNS(=O)(=O)c1ccccc1. The highest BCUT2D eigenvalue weighted by Gasteiger charge is 2.29. The third kappa shape index (κ3) is 6.75. The number of hydrogen-bond donors (Lipinski definition) is 2. The Bertz CT molecular complexity index is 1180. The van der Waals surface area contributed by atoms with Crippen LogP contribution in [0.1, 0.15) is 24.7 Å². The van der Waals surface area contributed by atoms with Crippen LogP contribution < -0.4 is 10.0 Å². The molecule has 0 aliphatic heterocycles. The van der Waals surface area contributed by atoms with E-state index in [4.69, 9.17) is 4.42 Å². The van der Waals surface area contributed by atoms with Gasteiger partial charge in [-0.05, 0) is 48.4 Å². The molecular weight excluding hydrogens is 461 g/mol. The Balaban J connectivity index is 1.77. The summed E-state index contributed by atoms with van der Waals surface area (Å²) in [4.78, 5) is 27.4. The quantitative estimate of drug-likeness (QED) is 0.432. The van der Waals surface area contributed by atoms with Crippen LogP contribution in [0.5, 0.6) is 0 Å². The van der Waals surface area contributed by atoms with E-state index in [9.17, 15) is 22.4 Å². The van der Waals surface area contributed by atoms with Crippen molar-refractivity contribution < 1.29 is 26.8 Å².